The topological polar surface area (TPSA) is 45.1 Å². The maximum absolute atomic E-state index is 6.48. The fourth-order valence-electron chi connectivity index (χ4n) is 13.6. The van der Waals surface area contributed by atoms with Crippen LogP contribution >= 0.6 is 0 Å². The van der Waals surface area contributed by atoms with Crippen LogP contribution in [0.3, 0.4) is 0 Å². The van der Waals surface area contributed by atoms with Crippen molar-refractivity contribution in [3.05, 3.63) is 169 Å². The van der Waals surface area contributed by atoms with Crippen LogP contribution in [0.4, 0.5) is 17.1 Å². The van der Waals surface area contributed by atoms with E-state index in [1.165, 1.54) is 171 Å². The summed E-state index contributed by atoms with van der Waals surface area (Å²) in [7, 11) is -0.890. The van der Waals surface area contributed by atoms with E-state index in [0.29, 0.717) is 0 Å². The Bertz CT molecular complexity index is 3350. The van der Waals surface area contributed by atoms with Crippen LogP contribution in [0.1, 0.15) is 196 Å². The molecule has 83 heavy (non-hydrogen) atoms. The lowest BCUT2D eigenvalue weighted by molar-refractivity contribution is 0.00578. The molecule has 1 aliphatic carbocycles. The zero-order chi connectivity index (χ0) is 58.0. The summed E-state index contributed by atoms with van der Waals surface area (Å²) < 4.78 is 28.5. The Kier molecular flexibility index (Phi) is 17.4. The second-order valence-corrected chi connectivity index (χ2v) is 26.6. The van der Waals surface area contributed by atoms with E-state index in [9.17, 15) is 0 Å². The van der Waals surface area contributed by atoms with Crippen LogP contribution in [0.5, 0.6) is 0 Å². The molecule has 432 valence electrons. The van der Waals surface area contributed by atoms with E-state index in [1.807, 2.05) is 0 Å². The molecule has 1 aromatic heterocycles. The predicted molar refractivity (Wildman–Crippen MR) is 353 cm³/mol. The highest BCUT2D eigenvalue weighted by Gasteiger charge is 2.53. The average molecular weight is 1110 g/mol. The van der Waals surface area contributed by atoms with Gasteiger partial charge in [0.25, 0.3) is 0 Å². The molecule has 0 N–H and O–H groups in total. The summed E-state index contributed by atoms with van der Waals surface area (Å²) in [6, 6.07) is 59.4. The van der Waals surface area contributed by atoms with Crippen molar-refractivity contribution in [2.75, 3.05) is 4.90 Å². The van der Waals surface area contributed by atoms with Crippen LogP contribution in [-0.4, -0.2) is 41.2 Å². The van der Waals surface area contributed by atoms with Crippen LogP contribution < -0.4 is 15.8 Å². The van der Waals surface area contributed by atoms with Crippen molar-refractivity contribution in [2.45, 2.75) is 213 Å². The lowest BCUT2D eigenvalue weighted by Crippen LogP contribution is -2.41. The third-order valence-corrected chi connectivity index (χ3v) is 19.9. The number of para-hydroxylation sites is 1. The summed E-state index contributed by atoms with van der Waals surface area (Å²) in [5.41, 5.74) is 15.4. The number of aromatic nitrogens is 1. The van der Waals surface area contributed by atoms with Gasteiger partial charge >= 0.3 is 14.2 Å². The minimum atomic E-state index is -0.445. The average Bonchev–Trinajstić information content (AvgIpc) is 2.35. The summed E-state index contributed by atoms with van der Waals surface area (Å²) in [6.45, 7) is 21.5. The summed E-state index contributed by atoms with van der Waals surface area (Å²) in [4.78, 5) is 2.32. The van der Waals surface area contributed by atoms with E-state index in [1.54, 1.807) is 5.56 Å². The minimum absolute atomic E-state index is 0.00360. The zero-order valence-electron chi connectivity index (χ0n) is 51.9. The summed E-state index contributed by atoms with van der Waals surface area (Å²) in [6.07, 6.45) is 23.8. The van der Waals surface area contributed by atoms with E-state index >= 15 is 0 Å². The number of benzene rings is 7. The van der Waals surface area contributed by atoms with Gasteiger partial charge in [-0.15, -0.1) is 0 Å². The first kappa shape index (κ1) is 58.9. The zero-order valence-corrected chi connectivity index (χ0v) is 51.9. The highest BCUT2D eigenvalue weighted by atomic mass is 16.7. The second kappa shape index (κ2) is 24.6. The Hall–Kier alpha value is -5.89. The molecular formula is C75H92B2N2O4. The van der Waals surface area contributed by atoms with E-state index in [-0.39, 0.29) is 5.41 Å². The van der Waals surface area contributed by atoms with Gasteiger partial charge < -0.3 is 28.1 Å². The molecule has 0 spiro atoms. The summed E-state index contributed by atoms with van der Waals surface area (Å²) >= 11 is 0. The number of anilines is 3. The molecule has 3 heterocycles. The van der Waals surface area contributed by atoms with Gasteiger partial charge in [-0.1, -0.05) is 214 Å². The van der Waals surface area contributed by atoms with Gasteiger partial charge in [-0.05, 0) is 173 Å². The Balaban J connectivity index is 0.930. The number of rotatable bonds is 25. The molecule has 0 unspecified atom stereocenters. The monoisotopic (exact) mass is 1110 g/mol. The Morgan fingerprint density at radius 1 is 0.373 bits per heavy atom. The van der Waals surface area contributed by atoms with Crippen molar-refractivity contribution in [3.8, 4) is 27.9 Å². The van der Waals surface area contributed by atoms with Crippen molar-refractivity contribution in [2.24, 2.45) is 0 Å². The summed E-state index contributed by atoms with van der Waals surface area (Å²) in [5.74, 6) is 0. The fraction of sp³-hybridized carbons (Fsp3) is 0.440. The van der Waals surface area contributed by atoms with Crippen molar-refractivity contribution >= 4 is 64.0 Å². The molecule has 8 heteroatoms. The molecule has 11 rings (SSSR count). The number of hydrogen-bond donors (Lipinski definition) is 0. The molecule has 6 nitrogen and oxygen atoms in total. The predicted octanol–water partition coefficient (Wildman–Crippen LogP) is 19.8. The maximum Gasteiger partial charge on any atom is 0.494 e. The summed E-state index contributed by atoms with van der Waals surface area (Å²) in [5, 5.41) is 2.55. The highest BCUT2D eigenvalue weighted by Crippen LogP contribution is 2.55. The van der Waals surface area contributed by atoms with Gasteiger partial charge in [0.2, 0.25) is 0 Å². The van der Waals surface area contributed by atoms with E-state index in [4.69, 9.17) is 18.6 Å². The van der Waals surface area contributed by atoms with Crippen LogP contribution in [0.15, 0.2) is 158 Å². The number of unbranched alkanes of at least 4 members (excludes halogenated alkanes) is 14. The lowest BCUT2D eigenvalue weighted by Gasteiger charge is -2.33. The first-order valence-electron chi connectivity index (χ1n) is 32.1. The van der Waals surface area contributed by atoms with E-state index in [0.717, 1.165) is 28.0 Å². The molecule has 3 aliphatic rings. The van der Waals surface area contributed by atoms with Gasteiger partial charge in [-0.25, -0.2) is 0 Å². The molecule has 8 aromatic rings. The van der Waals surface area contributed by atoms with Crippen LogP contribution in [0.25, 0.3) is 49.7 Å². The van der Waals surface area contributed by atoms with Crippen molar-refractivity contribution in [1.29, 1.82) is 0 Å². The van der Waals surface area contributed by atoms with Crippen molar-refractivity contribution in [1.82, 2.24) is 4.57 Å². The van der Waals surface area contributed by atoms with Gasteiger partial charge in [0.15, 0.2) is 0 Å². The molecule has 7 aromatic carbocycles. The quantitative estimate of drug-likeness (QED) is 0.0422. The molecule has 0 atom stereocenters. The van der Waals surface area contributed by atoms with E-state index in [2.05, 4.69) is 236 Å². The Morgan fingerprint density at radius 2 is 0.795 bits per heavy atom. The lowest BCUT2D eigenvalue weighted by atomic mass is 9.70. The molecular weight excluding hydrogens is 1010 g/mol. The van der Waals surface area contributed by atoms with Crippen molar-refractivity contribution < 1.29 is 18.6 Å². The van der Waals surface area contributed by atoms with Gasteiger partial charge in [0.1, 0.15) is 0 Å². The maximum atomic E-state index is 6.48. The van der Waals surface area contributed by atoms with Gasteiger partial charge in [0.05, 0.1) is 33.4 Å². The molecule has 2 saturated heterocycles. The minimum Gasteiger partial charge on any atom is -0.399 e. The first-order valence-corrected chi connectivity index (χ1v) is 32.1. The normalized spacial score (nSPS) is 17.2. The van der Waals surface area contributed by atoms with Gasteiger partial charge in [0, 0.05) is 38.9 Å². The largest absolute Gasteiger partial charge is 0.494 e. The molecule has 0 radical (unpaired) electrons. The van der Waals surface area contributed by atoms with Crippen LogP contribution in [-0.2, 0) is 24.0 Å². The second-order valence-electron chi connectivity index (χ2n) is 26.6. The number of fused-ring (bicyclic) bond motifs is 6. The molecule has 0 amide bonds. The smallest absolute Gasteiger partial charge is 0.399 e. The van der Waals surface area contributed by atoms with Gasteiger partial charge in [-0.3, -0.25) is 0 Å². The van der Waals surface area contributed by atoms with E-state index < -0.39 is 36.6 Å². The standard InChI is InChI=1S/C75H92B2N2O4/c1-11-13-15-17-19-21-23-29-51-75(52-30-24-22-20-18-16-14-12-2)67-33-27-25-31-63(67)64-50-48-62(54-68(64)75)79-69-34-28-26-32-65(69)66-49-37-56(53-70(66)79)55-35-42-59(43-36-55)78(60-44-38-57(39-45-60)76-80-71(3,4)72(5,6)81-76)61-46-40-58(41-47-61)77-82-73(7,8)74(9,10)83-77/h25-28,31-50,53-54H,11-24,29-30,51-52H2,1-10H3. The molecule has 2 fully saturated rings. The highest BCUT2D eigenvalue weighted by molar-refractivity contribution is 6.62. The fourth-order valence-corrected chi connectivity index (χ4v) is 13.6. The SMILES string of the molecule is CCCCCCCCCCC1(CCCCCCCCCC)c2ccccc2-c2ccc(-n3c4ccccc4c4ccc(-c5ccc(N(c6ccc(B7OC(C)(C)C(C)(C)O7)cc6)c6ccc(B7OC(C)(C)C(C)(C)O7)cc6)cc5)cc43)cc21. The van der Waals surface area contributed by atoms with Crippen molar-refractivity contribution in [3.63, 3.8) is 0 Å². The van der Waals surface area contributed by atoms with Crippen LogP contribution in [0, 0.1) is 0 Å². The molecule has 0 saturated carbocycles. The number of hydrogen-bond acceptors (Lipinski definition) is 5. The van der Waals surface area contributed by atoms with Crippen LogP contribution in [0.2, 0.25) is 0 Å². The Morgan fingerprint density at radius 3 is 1.31 bits per heavy atom. The third kappa shape index (κ3) is 11.8. The first-order chi connectivity index (χ1) is 40.0. The van der Waals surface area contributed by atoms with Gasteiger partial charge in [-0.2, -0.15) is 0 Å². The Labute approximate surface area is 499 Å². The third-order valence-electron chi connectivity index (χ3n) is 19.9. The number of nitrogens with zero attached hydrogens (tertiary/aromatic N) is 2. The molecule has 2 aliphatic heterocycles. The molecule has 0 bridgehead atoms.